The molecule has 0 fully saturated rings. The molecule has 1 heterocycles. The predicted octanol–water partition coefficient (Wildman–Crippen LogP) is 2.81. The van der Waals surface area contributed by atoms with Gasteiger partial charge in [-0.2, -0.15) is 4.98 Å². The number of nitrogens with zero attached hydrogens (tertiary/aromatic N) is 3. The highest BCUT2D eigenvalue weighted by Gasteiger charge is 2.10. The van der Waals surface area contributed by atoms with Crippen LogP contribution >= 0.6 is 0 Å². The molecule has 138 valence electrons. The fourth-order valence-corrected chi connectivity index (χ4v) is 2.67. The van der Waals surface area contributed by atoms with Crippen LogP contribution in [0.5, 0.6) is 0 Å². The second-order valence-corrected chi connectivity index (χ2v) is 6.11. The minimum atomic E-state index is 0.541. The van der Waals surface area contributed by atoms with Gasteiger partial charge in [0.05, 0.1) is 0 Å². The lowest BCUT2D eigenvalue weighted by atomic mass is 10.1. The summed E-state index contributed by atoms with van der Waals surface area (Å²) in [7, 11) is 1.82. The Balaban J connectivity index is 1.59. The van der Waals surface area contributed by atoms with Gasteiger partial charge in [-0.15, -0.1) is 5.10 Å². The number of aromatic nitrogens is 3. The van der Waals surface area contributed by atoms with Gasteiger partial charge >= 0.3 is 0 Å². The quantitative estimate of drug-likeness (QED) is 0.348. The lowest BCUT2D eigenvalue weighted by Gasteiger charge is -2.10. The Bertz CT molecular complexity index is 887. The zero-order chi connectivity index (χ0) is 18.9. The molecule has 0 aliphatic heterocycles. The smallest absolute Gasteiger partial charge is 0.225 e. The number of rotatable bonds is 9. The monoisotopic (exact) mass is 361 g/mol. The van der Waals surface area contributed by atoms with E-state index in [0.717, 1.165) is 30.5 Å². The second kappa shape index (κ2) is 9.45. The van der Waals surface area contributed by atoms with E-state index in [0.29, 0.717) is 18.3 Å². The Morgan fingerprint density at radius 2 is 1.78 bits per heavy atom. The van der Waals surface area contributed by atoms with Gasteiger partial charge in [0.1, 0.15) is 6.29 Å². The van der Waals surface area contributed by atoms with Crippen molar-refractivity contribution in [1.82, 2.24) is 20.1 Å². The summed E-state index contributed by atoms with van der Waals surface area (Å²) in [5.74, 6) is 1.23. The summed E-state index contributed by atoms with van der Waals surface area (Å²) in [6.45, 7) is 1.36. The van der Waals surface area contributed by atoms with E-state index in [1.54, 1.807) is 4.68 Å². The predicted molar refractivity (Wildman–Crippen MR) is 107 cm³/mol. The van der Waals surface area contributed by atoms with Crippen LogP contribution in [0.25, 0.3) is 11.4 Å². The minimum absolute atomic E-state index is 0.541. The van der Waals surface area contributed by atoms with Gasteiger partial charge in [-0.1, -0.05) is 60.7 Å². The largest absolute Gasteiger partial charge is 0.327 e. The van der Waals surface area contributed by atoms with Crippen molar-refractivity contribution in [3.8, 4) is 11.4 Å². The number of anilines is 1. The molecule has 0 saturated heterocycles. The van der Waals surface area contributed by atoms with Gasteiger partial charge in [-0.3, -0.25) is 4.79 Å². The summed E-state index contributed by atoms with van der Waals surface area (Å²) < 4.78 is 1.67. The van der Waals surface area contributed by atoms with Gasteiger partial charge in [0, 0.05) is 24.9 Å². The van der Waals surface area contributed by atoms with Crippen molar-refractivity contribution in [2.45, 2.75) is 6.42 Å². The van der Waals surface area contributed by atoms with Gasteiger partial charge < -0.3 is 10.6 Å². The first-order valence-electron chi connectivity index (χ1n) is 8.88. The minimum Gasteiger partial charge on any atom is -0.327 e. The van der Waals surface area contributed by atoms with E-state index in [2.05, 4.69) is 32.8 Å². The summed E-state index contributed by atoms with van der Waals surface area (Å²) in [5, 5.41) is 11.0. The molecule has 3 rings (SSSR count). The van der Waals surface area contributed by atoms with Crippen LogP contribution in [0.15, 0.2) is 72.4 Å². The molecule has 6 heteroatoms. The van der Waals surface area contributed by atoms with Gasteiger partial charge in [0.2, 0.25) is 5.95 Å². The summed E-state index contributed by atoms with van der Waals surface area (Å²) in [6, 6.07) is 20.1. The normalized spacial score (nSPS) is 11.4. The van der Waals surface area contributed by atoms with E-state index >= 15 is 0 Å². The SMILES string of the molecule is Cn1nc(-c2ccccc2)nc1N/C(=C\C=O)CNCCc1ccccc1. The summed E-state index contributed by atoms with van der Waals surface area (Å²) in [4.78, 5) is 15.5. The fourth-order valence-electron chi connectivity index (χ4n) is 2.67. The Morgan fingerprint density at radius 1 is 1.07 bits per heavy atom. The molecule has 0 saturated carbocycles. The summed E-state index contributed by atoms with van der Waals surface area (Å²) >= 11 is 0. The molecule has 6 nitrogen and oxygen atoms in total. The van der Waals surface area contributed by atoms with Crippen LogP contribution in [-0.4, -0.2) is 34.1 Å². The average molecular weight is 361 g/mol. The van der Waals surface area contributed by atoms with E-state index in [4.69, 9.17) is 0 Å². The van der Waals surface area contributed by atoms with Crippen LogP contribution in [0.4, 0.5) is 5.95 Å². The number of carbonyl (C=O) groups excluding carboxylic acids is 1. The molecule has 0 unspecified atom stereocenters. The highest BCUT2D eigenvalue weighted by Crippen LogP contribution is 2.17. The van der Waals surface area contributed by atoms with Gasteiger partial charge in [0.25, 0.3) is 0 Å². The third-order valence-electron chi connectivity index (χ3n) is 4.09. The van der Waals surface area contributed by atoms with Crippen LogP contribution in [0.3, 0.4) is 0 Å². The van der Waals surface area contributed by atoms with E-state index in [1.165, 1.54) is 11.6 Å². The zero-order valence-electron chi connectivity index (χ0n) is 15.3. The first kappa shape index (κ1) is 18.5. The molecule has 0 aliphatic carbocycles. The van der Waals surface area contributed by atoms with Crippen molar-refractivity contribution in [1.29, 1.82) is 0 Å². The molecule has 0 radical (unpaired) electrons. The van der Waals surface area contributed by atoms with Crippen molar-refractivity contribution < 1.29 is 4.79 Å². The maximum atomic E-state index is 11.0. The van der Waals surface area contributed by atoms with Gasteiger partial charge in [0.15, 0.2) is 5.82 Å². The highest BCUT2D eigenvalue weighted by molar-refractivity contribution is 5.67. The number of hydrogen-bond donors (Lipinski definition) is 2. The van der Waals surface area contributed by atoms with E-state index in [1.807, 2.05) is 55.6 Å². The molecule has 2 N–H and O–H groups in total. The third kappa shape index (κ3) is 5.36. The average Bonchev–Trinajstić information content (AvgIpc) is 3.07. The Hall–Kier alpha value is -3.25. The van der Waals surface area contributed by atoms with Gasteiger partial charge in [-0.05, 0) is 24.6 Å². The third-order valence-corrected chi connectivity index (χ3v) is 4.09. The number of benzene rings is 2. The molecule has 1 aromatic heterocycles. The van der Waals surface area contributed by atoms with E-state index in [9.17, 15) is 4.79 Å². The first-order chi connectivity index (χ1) is 13.3. The number of hydrogen-bond acceptors (Lipinski definition) is 5. The molecular formula is C21H23N5O. The van der Waals surface area contributed by atoms with Crippen molar-refractivity contribution in [3.63, 3.8) is 0 Å². The van der Waals surface area contributed by atoms with Crippen molar-refractivity contribution in [2.24, 2.45) is 7.05 Å². The molecule has 0 amide bonds. The number of aryl methyl sites for hydroxylation is 1. The Kier molecular flexibility index (Phi) is 6.49. The Labute approximate surface area is 158 Å². The van der Waals surface area contributed by atoms with Crippen LogP contribution < -0.4 is 10.6 Å². The van der Waals surface area contributed by atoms with Gasteiger partial charge in [-0.25, -0.2) is 4.68 Å². The van der Waals surface area contributed by atoms with Crippen molar-refractivity contribution in [3.05, 3.63) is 78.0 Å². The topological polar surface area (TPSA) is 71.8 Å². The fraction of sp³-hybridized carbons (Fsp3) is 0.190. The number of nitrogens with one attached hydrogen (secondary N) is 2. The summed E-state index contributed by atoms with van der Waals surface area (Å²) in [5.41, 5.74) is 2.97. The maximum Gasteiger partial charge on any atom is 0.225 e. The number of allylic oxidation sites excluding steroid dienone is 1. The maximum absolute atomic E-state index is 11.0. The number of aldehydes is 1. The Morgan fingerprint density at radius 3 is 2.48 bits per heavy atom. The van der Waals surface area contributed by atoms with Crippen molar-refractivity contribution >= 4 is 12.2 Å². The summed E-state index contributed by atoms with van der Waals surface area (Å²) in [6.07, 6.45) is 3.21. The van der Waals surface area contributed by atoms with Crippen LogP contribution in [0.2, 0.25) is 0 Å². The van der Waals surface area contributed by atoms with Crippen LogP contribution in [-0.2, 0) is 18.3 Å². The first-order valence-corrected chi connectivity index (χ1v) is 8.88. The molecule has 0 spiro atoms. The highest BCUT2D eigenvalue weighted by atomic mass is 16.1. The molecule has 0 atom stereocenters. The van der Waals surface area contributed by atoms with E-state index in [-0.39, 0.29) is 0 Å². The molecule has 2 aromatic carbocycles. The zero-order valence-corrected chi connectivity index (χ0v) is 15.3. The standard InChI is InChI=1S/C21H23N5O/c1-26-21(24-20(25-26)18-10-6-3-7-11-18)23-19(13-15-27)16-22-14-12-17-8-4-2-5-9-17/h2-11,13,15,22H,12,14,16H2,1H3,(H,23,24,25)/b19-13-. The molecule has 0 bridgehead atoms. The molecule has 0 aliphatic rings. The van der Waals surface area contributed by atoms with E-state index < -0.39 is 0 Å². The lowest BCUT2D eigenvalue weighted by Crippen LogP contribution is -2.24. The lowest BCUT2D eigenvalue weighted by molar-refractivity contribution is -0.104. The van der Waals surface area contributed by atoms with Crippen LogP contribution in [0, 0.1) is 0 Å². The molecular weight excluding hydrogens is 338 g/mol. The number of carbonyl (C=O) groups is 1. The second-order valence-electron chi connectivity index (χ2n) is 6.11. The van der Waals surface area contributed by atoms with Crippen LogP contribution in [0.1, 0.15) is 5.56 Å². The molecule has 3 aromatic rings. The molecule has 27 heavy (non-hydrogen) atoms. The van der Waals surface area contributed by atoms with Crippen molar-refractivity contribution in [2.75, 3.05) is 18.4 Å².